The number of hydrogen-bond donors (Lipinski definition) is 2. The fourth-order valence-electron chi connectivity index (χ4n) is 1.72. The molecule has 2 aromatic carbocycles. The lowest BCUT2D eigenvalue weighted by atomic mass is 10.2. The molecule has 0 aliphatic heterocycles. The topological polar surface area (TPSA) is 98.5 Å². The SMILES string of the molecule is NS(=O)(=O)c1ccc(Br)cc1NC(=O)OCc1ccccc1. The number of halogens is 1. The van der Waals surface area contributed by atoms with Crippen molar-refractivity contribution in [2.75, 3.05) is 5.32 Å². The number of amides is 1. The third-order valence-corrected chi connectivity index (χ3v) is 4.16. The molecule has 8 heteroatoms. The van der Waals surface area contributed by atoms with Gasteiger partial charge < -0.3 is 4.74 Å². The molecule has 0 spiro atoms. The second kappa shape index (κ2) is 6.91. The van der Waals surface area contributed by atoms with Gasteiger partial charge in [0.05, 0.1) is 5.69 Å². The van der Waals surface area contributed by atoms with Crippen LogP contribution in [0, 0.1) is 0 Å². The fraction of sp³-hybridized carbons (Fsp3) is 0.0714. The first-order valence-corrected chi connectivity index (χ1v) is 8.50. The van der Waals surface area contributed by atoms with Gasteiger partial charge in [-0.1, -0.05) is 46.3 Å². The molecule has 0 atom stereocenters. The molecule has 0 unspecified atom stereocenters. The van der Waals surface area contributed by atoms with E-state index in [2.05, 4.69) is 21.2 Å². The molecule has 6 nitrogen and oxygen atoms in total. The zero-order valence-corrected chi connectivity index (χ0v) is 13.7. The lowest BCUT2D eigenvalue weighted by molar-refractivity contribution is 0.155. The van der Waals surface area contributed by atoms with E-state index in [4.69, 9.17) is 9.88 Å². The van der Waals surface area contributed by atoms with E-state index in [1.54, 1.807) is 0 Å². The van der Waals surface area contributed by atoms with E-state index >= 15 is 0 Å². The zero-order chi connectivity index (χ0) is 16.2. The number of anilines is 1. The molecule has 0 heterocycles. The van der Waals surface area contributed by atoms with Gasteiger partial charge in [-0.15, -0.1) is 0 Å². The van der Waals surface area contributed by atoms with E-state index in [-0.39, 0.29) is 17.2 Å². The van der Waals surface area contributed by atoms with Crippen molar-refractivity contribution in [1.29, 1.82) is 0 Å². The van der Waals surface area contributed by atoms with E-state index in [1.165, 1.54) is 18.2 Å². The summed E-state index contributed by atoms with van der Waals surface area (Å²) in [7, 11) is -3.95. The maximum atomic E-state index is 11.8. The summed E-state index contributed by atoms with van der Waals surface area (Å²) in [4.78, 5) is 11.6. The summed E-state index contributed by atoms with van der Waals surface area (Å²) in [5.41, 5.74) is 0.869. The summed E-state index contributed by atoms with van der Waals surface area (Å²) in [6, 6.07) is 13.4. The van der Waals surface area contributed by atoms with Gasteiger partial charge in [-0.2, -0.15) is 0 Å². The molecule has 1 amide bonds. The molecule has 2 rings (SSSR count). The highest BCUT2D eigenvalue weighted by Gasteiger charge is 2.16. The number of ether oxygens (including phenoxy) is 1. The molecular weight excluding hydrogens is 372 g/mol. The Balaban J connectivity index is 2.10. The highest BCUT2D eigenvalue weighted by molar-refractivity contribution is 9.10. The van der Waals surface area contributed by atoms with E-state index in [9.17, 15) is 13.2 Å². The summed E-state index contributed by atoms with van der Waals surface area (Å²) < 4.78 is 28.6. The largest absolute Gasteiger partial charge is 0.444 e. The van der Waals surface area contributed by atoms with Crippen LogP contribution >= 0.6 is 15.9 Å². The normalized spacial score (nSPS) is 11.0. The van der Waals surface area contributed by atoms with Crippen molar-refractivity contribution in [1.82, 2.24) is 0 Å². The van der Waals surface area contributed by atoms with Gasteiger partial charge >= 0.3 is 6.09 Å². The zero-order valence-electron chi connectivity index (χ0n) is 11.3. The van der Waals surface area contributed by atoms with Crippen LogP contribution in [-0.4, -0.2) is 14.5 Å². The van der Waals surface area contributed by atoms with Crippen molar-refractivity contribution >= 4 is 37.7 Å². The van der Waals surface area contributed by atoms with Crippen molar-refractivity contribution < 1.29 is 17.9 Å². The Morgan fingerprint density at radius 2 is 1.86 bits per heavy atom. The number of nitrogens with one attached hydrogen (secondary N) is 1. The third kappa shape index (κ3) is 4.55. The fourth-order valence-corrected chi connectivity index (χ4v) is 2.75. The predicted molar refractivity (Wildman–Crippen MR) is 85.8 cm³/mol. The van der Waals surface area contributed by atoms with E-state index in [1.807, 2.05) is 30.3 Å². The average molecular weight is 385 g/mol. The highest BCUT2D eigenvalue weighted by atomic mass is 79.9. The van der Waals surface area contributed by atoms with Crippen LogP contribution in [0.5, 0.6) is 0 Å². The number of hydrogen-bond acceptors (Lipinski definition) is 4. The Labute approximate surface area is 136 Å². The van der Waals surface area contributed by atoms with Gasteiger partial charge in [0.2, 0.25) is 10.0 Å². The van der Waals surface area contributed by atoms with Crippen molar-refractivity contribution in [2.45, 2.75) is 11.5 Å². The first kappa shape index (κ1) is 16.5. The molecule has 3 N–H and O–H groups in total. The molecule has 0 saturated heterocycles. The molecule has 0 saturated carbocycles. The Morgan fingerprint density at radius 3 is 2.50 bits per heavy atom. The molecule has 0 aliphatic carbocycles. The Kier molecular flexibility index (Phi) is 5.17. The average Bonchev–Trinajstić information content (AvgIpc) is 2.45. The number of sulfonamides is 1. The molecular formula is C14H13BrN2O4S. The van der Waals surface area contributed by atoms with Gasteiger partial charge in [0.1, 0.15) is 11.5 Å². The van der Waals surface area contributed by atoms with Crippen LogP contribution in [0.15, 0.2) is 57.9 Å². The van der Waals surface area contributed by atoms with E-state index < -0.39 is 16.1 Å². The molecule has 0 bridgehead atoms. The van der Waals surface area contributed by atoms with Crippen molar-refractivity contribution in [3.8, 4) is 0 Å². The van der Waals surface area contributed by atoms with Crippen molar-refractivity contribution in [3.05, 3.63) is 58.6 Å². The molecule has 0 fully saturated rings. The molecule has 2 aromatic rings. The molecule has 0 aromatic heterocycles. The van der Waals surface area contributed by atoms with Crippen LogP contribution < -0.4 is 10.5 Å². The number of rotatable bonds is 4. The van der Waals surface area contributed by atoms with Gasteiger partial charge in [0, 0.05) is 4.47 Å². The number of carbonyl (C=O) groups is 1. The van der Waals surface area contributed by atoms with Gasteiger partial charge in [0.15, 0.2) is 0 Å². The lowest BCUT2D eigenvalue weighted by Gasteiger charge is -2.11. The Bertz CT molecular complexity index is 779. The van der Waals surface area contributed by atoms with Crippen LogP contribution in [-0.2, 0) is 21.4 Å². The minimum Gasteiger partial charge on any atom is -0.444 e. The summed E-state index contributed by atoms with van der Waals surface area (Å²) in [6.45, 7) is 0.0748. The summed E-state index contributed by atoms with van der Waals surface area (Å²) in [5.74, 6) is 0. The molecule has 0 aliphatic rings. The molecule has 0 radical (unpaired) electrons. The lowest BCUT2D eigenvalue weighted by Crippen LogP contribution is -2.19. The van der Waals surface area contributed by atoms with Crippen molar-refractivity contribution in [3.63, 3.8) is 0 Å². The van der Waals surface area contributed by atoms with E-state index in [0.717, 1.165) is 5.56 Å². The number of benzene rings is 2. The van der Waals surface area contributed by atoms with Gasteiger partial charge in [-0.25, -0.2) is 18.4 Å². The van der Waals surface area contributed by atoms with Crippen LogP contribution in [0.2, 0.25) is 0 Å². The summed E-state index contributed by atoms with van der Waals surface area (Å²) >= 11 is 3.20. The predicted octanol–water partition coefficient (Wildman–Crippen LogP) is 2.85. The minimum atomic E-state index is -3.95. The van der Waals surface area contributed by atoms with Crippen LogP contribution in [0.1, 0.15) is 5.56 Å². The second-order valence-corrected chi connectivity index (χ2v) is 6.82. The van der Waals surface area contributed by atoms with Gasteiger partial charge in [0.25, 0.3) is 0 Å². The Morgan fingerprint density at radius 1 is 1.18 bits per heavy atom. The molecule has 116 valence electrons. The van der Waals surface area contributed by atoms with Gasteiger partial charge in [-0.05, 0) is 23.8 Å². The van der Waals surface area contributed by atoms with Crippen LogP contribution in [0.3, 0.4) is 0 Å². The van der Waals surface area contributed by atoms with E-state index in [0.29, 0.717) is 4.47 Å². The van der Waals surface area contributed by atoms with Gasteiger partial charge in [-0.3, -0.25) is 5.32 Å². The van der Waals surface area contributed by atoms with Crippen molar-refractivity contribution in [2.24, 2.45) is 5.14 Å². The first-order chi connectivity index (χ1) is 10.4. The minimum absolute atomic E-state index is 0.0509. The Hall–Kier alpha value is -1.90. The maximum absolute atomic E-state index is 11.8. The number of carbonyl (C=O) groups excluding carboxylic acids is 1. The quantitative estimate of drug-likeness (QED) is 0.846. The summed E-state index contributed by atoms with van der Waals surface area (Å²) in [5, 5.41) is 7.49. The first-order valence-electron chi connectivity index (χ1n) is 6.16. The molecule has 22 heavy (non-hydrogen) atoms. The number of primary sulfonamides is 1. The maximum Gasteiger partial charge on any atom is 0.411 e. The smallest absolute Gasteiger partial charge is 0.411 e. The third-order valence-electron chi connectivity index (χ3n) is 2.70. The summed E-state index contributed by atoms with van der Waals surface area (Å²) in [6.07, 6.45) is -0.771. The van der Waals surface area contributed by atoms with Crippen LogP contribution in [0.25, 0.3) is 0 Å². The van der Waals surface area contributed by atoms with Crippen LogP contribution in [0.4, 0.5) is 10.5 Å². The second-order valence-electron chi connectivity index (χ2n) is 4.37. The standard InChI is InChI=1S/C14H13BrN2O4S/c15-11-6-7-13(22(16,19)20)12(8-11)17-14(18)21-9-10-4-2-1-3-5-10/h1-8H,9H2,(H,17,18)(H2,16,19,20). The number of nitrogens with two attached hydrogens (primary N) is 1. The monoisotopic (exact) mass is 384 g/mol. The highest BCUT2D eigenvalue weighted by Crippen LogP contribution is 2.24.